The minimum atomic E-state index is 0.712. The number of nitrogens with zero attached hydrogens (tertiary/aromatic N) is 2. The molecule has 1 aromatic carbocycles. The number of aromatic nitrogens is 2. The van der Waals surface area contributed by atoms with Gasteiger partial charge in [-0.15, -0.1) is 11.3 Å². The lowest BCUT2D eigenvalue weighted by atomic mass is 10.1. The monoisotopic (exact) mass is 347 g/mol. The van der Waals surface area contributed by atoms with Crippen molar-refractivity contribution in [3.05, 3.63) is 51.0 Å². The number of hydrogen-bond donors (Lipinski definition) is 1. The van der Waals surface area contributed by atoms with Gasteiger partial charge in [0, 0.05) is 32.5 Å². The van der Waals surface area contributed by atoms with E-state index in [9.17, 15) is 0 Å². The molecule has 3 nitrogen and oxygen atoms in total. The van der Waals surface area contributed by atoms with Crippen LogP contribution in [0.15, 0.2) is 41.1 Å². The van der Waals surface area contributed by atoms with Crippen LogP contribution in [0.4, 0.5) is 5.82 Å². The van der Waals surface area contributed by atoms with Gasteiger partial charge in [0.1, 0.15) is 10.8 Å². The molecule has 0 spiro atoms. The molecule has 0 aliphatic carbocycles. The fraction of sp³-hybridized carbons (Fsp3) is 0.200. The number of rotatable bonds is 4. The lowest BCUT2D eigenvalue weighted by Gasteiger charge is -2.08. The Morgan fingerprint density at radius 1 is 1.20 bits per heavy atom. The van der Waals surface area contributed by atoms with Crippen LogP contribution in [0.5, 0.6) is 0 Å². The molecule has 0 radical (unpaired) electrons. The summed E-state index contributed by atoms with van der Waals surface area (Å²) in [7, 11) is 0. The van der Waals surface area contributed by atoms with Crippen LogP contribution in [0.3, 0.4) is 0 Å². The van der Waals surface area contributed by atoms with Crippen molar-refractivity contribution in [1.29, 1.82) is 0 Å². The van der Waals surface area contributed by atoms with Crippen LogP contribution in [0.25, 0.3) is 10.8 Å². The quantitative estimate of drug-likeness (QED) is 0.747. The van der Waals surface area contributed by atoms with Gasteiger partial charge in [0.05, 0.1) is 6.54 Å². The number of hydrogen-bond acceptors (Lipinski definition) is 4. The van der Waals surface area contributed by atoms with E-state index in [4.69, 9.17) is 0 Å². The van der Waals surface area contributed by atoms with Crippen molar-refractivity contribution in [1.82, 2.24) is 9.97 Å². The Morgan fingerprint density at radius 3 is 2.90 bits per heavy atom. The fourth-order valence-electron chi connectivity index (χ4n) is 2.06. The average Bonchev–Trinajstić information content (AvgIpc) is 2.94. The first kappa shape index (κ1) is 13.5. The van der Waals surface area contributed by atoms with E-state index in [-0.39, 0.29) is 0 Å². The maximum atomic E-state index is 4.43. The first-order valence-corrected chi connectivity index (χ1v) is 8.09. The van der Waals surface area contributed by atoms with Crippen LogP contribution in [-0.4, -0.2) is 9.97 Å². The number of thiazole rings is 1. The number of benzene rings is 1. The second-order valence-electron chi connectivity index (χ2n) is 4.42. The van der Waals surface area contributed by atoms with E-state index in [1.54, 1.807) is 11.3 Å². The summed E-state index contributed by atoms with van der Waals surface area (Å²) >= 11 is 5.32. The number of anilines is 1. The summed E-state index contributed by atoms with van der Waals surface area (Å²) in [6.45, 7) is 2.86. The van der Waals surface area contributed by atoms with Crippen molar-refractivity contribution in [2.45, 2.75) is 19.9 Å². The summed E-state index contributed by atoms with van der Waals surface area (Å²) in [6.07, 6.45) is 4.82. The van der Waals surface area contributed by atoms with Crippen LogP contribution >= 0.6 is 27.3 Å². The van der Waals surface area contributed by atoms with Crippen LogP contribution in [-0.2, 0) is 13.0 Å². The zero-order chi connectivity index (χ0) is 13.9. The predicted octanol–water partition coefficient (Wildman–Crippen LogP) is 4.63. The third-order valence-electron chi connectivity index (χ3n) is 3.11. The average molecular weight is 348 g/mol. The SMILES string of the molecule is CCc1cnc(CNc2nccc3c(Br)cccc23)s1. The first-order chi connectivity index (χ1) is 9.78. The Labute approximate surface area is 130 Å². The lowest BCUT2D eigenvalue weighted by molar-refractivity contribution is 1.08. The number of pyridine rings is 1. The minimum Gasteiger partial charge on any atom is -0.363 e. The van der Waals surface area contributed by atoms with Crippen molar-refractivity contribution in [3.8, 4) is 0 Å². The highest BCUT2D eigenvalue weighted by Crippen LogP contribution is 2.28. The van der Waals surface area contributed by atoms with E-state index >= 15 is 0 Å². The third-order valence-corrected chi connectivity index (χ3v) is 4.94. The molecule has 0 aliphatic rings. The number of halogens is 1. The molecule has 0 aliphatic heterocycles. The van der Waals surface area contributed by atoms with Crippen LogP contribution in [0.2, 0.25) is 0 Å². The van der Waals surface area contributed by atoms with E-state index < -0.39 is 0 Å². The molecule has 0 saturated heterocycles. The van der Waals surface area contributed by atoms with Gasteiger partial charge in [-0.2, -0.15) is 0 Å². The van der Waals surface area contributed by atoms with Crippen molar-refractivity contribution < 1.29 is 0 Å². The summed E-state index contributed by atoms with van der Waals surface area (Å²) in [5.41, 5.74) is 0. The lowest BCUT2D eigenvalue weighted by Crippen LogP contribution is -2.01. The number of aryl methyl sites for hydroxylation is 1. The van der Waals surface area contributed by atoms with Crippen LogP contribution < -0.4 is 5.32 Å². The first-order valence-electron chi connectivity index (χ1n) is 6.48. The van der Waals surface area contributed by atoms with Crippen molar-refractivity contribution in [2.24, 2.45) is 0 Å². The molecular weight excluding hydrogens is 334 g/mol. The highest BCUT2D eigenvalue weighted by Gasteiger charge is 2.06. The van der Waals surface area contributed by atoms with Crippen molar-refractivity contribution >= 4 is 43.9 Å². The van der Waals surface area contributed by atoms with E-state index in [1.165, 1.54) is 10.3 Å². The number of fused-ring (bicyclic) bond motifs is 1. The summed E-state index contributed by atoms with van der Waals surface area (Å²) in [5, 5.41) is 6.76. The van der Waals surface area contributed by atoms with E-state index in [0.717, 1.165) is 27.1 Å². The van der Waals surface area contributed by atoms with Gasteiger partial charge in [0.2, 0.25) is 0 Å². The Morgan fingerprint density at radius 2 is 2.10 bits per heavy atom. The normalized spacial score (nSPS) is 10.9. The predicted molar refractivity (Wildman–Crippen MR) is 88.3 cm³/mol. The molecule has 5 heteroatoms. The van der Waals surface area contributed by atoms with E-state index in [1.807, 2.05) is 30.6 Å². The molecule has 3 aromatic rings. The Hall–Kier alpha value is -1.46. The molecule has 0 fully saturated rings. The Bertz CT molecular complexity index is 739. The van der Waals surface area contributed by atoms with Gasteiger partial charge in [0.25, 0.3) is 0 Å². The number of nitrogens with one attached hydrogen (secondary N) is 1. The minimum absolute atomic E-state index is 0.712. The second kappa shape index (κ2) is 5.89. The van der Waals surface area contributed by atoms with E-state index in [0.29, 0.717) is 6.54 Å². The zero-order valence-electron chi connectivity index (χ0n) is 11.1. The maximum Gasteiger partial charge on any atom is 0.134 e. The van der Waals surface area contributed by atoms with Gasteiger partial charge in [-0.05, 0) is 18.6 Å². The standard InChI is InChI=1S/C15H14BrN3S/c1-2-10-8-18-14(20-10)9-19-15-12-4-3-5-13(16)11(12)6-7-17-15/h3-8H,2,9H2,1H3,(H,17,19). The molecule has 20 heavy (non-hydrogen) atoms. The Balaban J connectivity index is 1.85. The fourth-order valence-corrected chi connectivity index (χ4v) is 3.36. The summed E-state index contributed by atoms with van der Waals surface area (Å²) in [5.74, 6) is 0.900. The zero-order valence-corrected chi connectivity index (χ0v) is 13.5. The van der Waals surface area contributed by atoms with Crippen LogP contribution in [0.1, 0.15) is 16.8 Å². The molecule has 2 heterocycles. The molecule has 3 rings (SSSR count). The molecule has 102 valence electrons. The third kappa shape index (κ3) is 2.69. The molecule has 1 N–H and O–H groups in total. The molecule has 0 saturated carbocycles. The highest BCUT2D eigenvalue weighted by atomic mass is 79.9. The molecule has 2 aromatic heterocycles. The topological polar surface area (TPSA) is 37.8 Å². The largest absolute Gasteiger partial charge is 0.363 e. The smallest absolute Gasteiger partial charge is 0.134 e. The maximum absolute atomic E-state index is 4.43. The molecule has 0 bridgehead atoms. The van der Waals surface area contributed by atoms with Crippen molar-refractivity contribution in [3.63, 3.8) is 0 Å². The molecule has 0 amide bonds. The molecule has 0 atom stereocenters. The van der Waals surface area contributed by atoms with Gasteiger partial charge in [-0.1, -0.05) is 35.0 Å². The highest BCUT2D eigenvalue weighted by molar-refractivity contribution is 9.10. The molecule has 0 unspecified atom stereocenters. The Kier molecular flexibility index (Phi) is 3.98. The van der Waals surface area contributed by atoms with Gasteiger partial charge < -0.3 is 5.32 Å². The van der Waals surface area contributed by atoms with Crippen LogP contribution in [0, 0.1) is 0 Å². The van der Waals surface area contributed by atoms with Crippen molar-refractivity contribution in [2.75, 3.05) is 5.32 Å². The van der Waals surface area contributed by atoms with E-state index in [2.05, 4.69) is 44.2 Å². The van der Waals surface area contributed by atoms with Gasteiger partial charge in [0.15, 0.2) is 0 Å². The summed E-state index contributed by atoms with van der Waals surface area (Å²) in [6, 6.07) is 8.16. The summed E-state index contributed by atoms with van der Waals surface area (Å²) in [4.78, 5) is 10.2. The second-order valence-corrected chi connectivity index (χ2v) is 6.48. The van der Waals surface area contributed by atoms with Gasteiger partial charge in [-0.25, -0.2) is 9.97 Å². The molecular formula is C15H14BrN3S. The summed E-state index contributed by atoms with van der Waals surface area (Å²) < 4.78 is 1.09. The van der Waals surface area contributed by atoms with Gasteiger partial charge in [-0.3, -0.25) is 0 Å². The van der Waals surface area contributed by atoms with Gasteiger partial charge >= 0.3 is 0 Å².